The van der Waals surface area contributed by atoms with Gasteiger partial charge in [-0.2, -0.15) is 4.98 Å². The Morgan fingerprint density at radius 2 is 2.17 bits per heavy atom. The smallest absolute Gasteiger partial charge is 0.227 e. The largest absolute Gasteiger partial charge is 0.328 e. The van der Waals surface area contributed by atoms with Gasteiger partial charge in [-0.05, 0) is 48.4 Å². The lowest BCUT2D eigenvalue weighted by molar-refractivity contribution is -0.116. The third kappa shape index (κ3) is 3.41. The molecule has 1 aromatic carbocycles. The van der Waals surface area contributed by atoms with Crippen LogP contribution in [0.15, 0.2) is 52.1 Å². The Kier molecular flexibility index (Phi) is 4.97. The Balaban J connectivity index is 1.51. The van der Waals surface area contributed by atoms with Crippen LogP contribution in [0.2, 0.25) is 5.02 Å². The number of thioether (sulfide) groups is 1. The summed E-state index contributed by atoms with van der Waals surface area (Å²) in [5, 5.41) is 11.7. The first-order chi connectivity index (χ1) is 14.1. The van der Waals surface area contributed by atoms with Crippen LogP contribution in [0.3, 0.4) is 0 Å². The molecular weight excluding hydrogens is 424 g/mol. The zero-order valence-corrected chi connectivity index (χ0v) is 18.2. The molecule has 0 amide bonds. The Morgan fingerprint density at radius 1 is 1.31 bits per heavy atom. The molecule has 8 heteroatoms. The van der Waals surface area contributed by atoms with Crippen molar-refractivity contribution in [3.05, 3.63) is 68.0 Å². The van der Waals surface area contributed by atoms with Crippen LogP contribution in [-0.2, 0) is 10.5 Å². The maximum atomic E-state index is 12.8. The fourth-order valence-corrected chi connectivity index (χ4v) is 6.00. The molecule has 3 aromatic rings. The number of halogens is 1. The number of aryl methyl sites for hydroxylation is 1. The number of ketones is 1. The number of benzene rings is 1. The highest BCUT2D eigenvalue weighted by Crippen LogP contribution is 2.43. The van der Waals surface area contributed by atoms with E-state index in [1.54, 1.807) is 23.1 Å². The highest BCUT2D eigenvalue weighted by atomic mass is 35.5. The number of fused-ring (bicyclic) bond motifs is 1. The Morgan fingerprint density at radius 3 is 2.97 bits per heavy atom. The molecule has 1 atom stereocenters. The maximum Gasteiger partial charge on any atom is 0.227 e. The minimum absolute atomic E-state index is 0.198. The fraction of sp³-hybridized carbons (Fsp3) is 0.286. The van der Waals surface area contributed by atoms with Crippen LogP contribution in [0.4, 0.5) is 5.95 Å². The van der Waals surface area contributed by atoms with Crippen LogP contribution in [0, 0.1) is 6.92 Å². The number of Topliss-reactive ketones (excluding diaryl/α,β-unsaturated/α-hetero) is 1. The number of carbonyl (C=O) groups is 1. The third-order valence-electron chi connectivity index (χ3n) is 5.31. The van der Waals surface area contributed by atoms with E-state index in [1.807, 2.05) is 28.9 Å². The summed E-state index contributed by atoms with van der Waals surface area (Å²) in [4.78, 5) is 18.7. The normalized spacial score (nSPS) is 18.4. The summed E-state index contributed by atoms with van der Waals surface area (Å²) >= 11 is 9.51. The Labute approximate surface area is 182 Å². The molecule has 0 fully saturated rings. The van der Waals surface area contributed by atoms with Gasteiger partial charge in [0, 0.05) is 33.3 Å². The van der Waals surface area contributed by atoms with Gasteiger partial charge in [0.25, 0.3) is 0 Å². The Hall–Kier alpha value is -2.09. The molecule has 5 rings (SSSR count). The molecule has 0 saturated heterocycles. The molecule has 0 radical (unpaired) electrons. The first kappa shape index (κ1) is 18.9. The lowest BCUT2D eigenvalue weighted by Crippen LogP contribution is -2.31. The quantitative estimate of drug-likeness (QED) is 0.531. The summed E-state index contributed by atoms with van der Waals surface area (Å²) in [6.45, 7) is 2.09. The van der Waals surface area contributed by atoms with E-state index in [0.717, 1.165) is 39.6 Å². The average Bonchev–Trinajstić information content (AvgIpc) is 3.31. The molecule has 1 aliphatic heterocycles. The molecular formula is C21H19ClN4OS2. The first-order valence-corrected chi connectivity index (χ1v) is 11.8. The zero-order chi connectivity index (χ0) is 20.0. The van der Waals surface area contributed by atoms with E-state index >= 15 is 0 Å². The summed E-state index contributed by atoms with van der Waals surface area (Å²) in [7, 11) is 0. The summed E-state index contributed by atoms with van der Waals surface area (Å²) in [5.41, 5.74) is 4.08. The topological polar surface area (TPSA) is 59.8 Å². The van der Waals surface area contributed by atoms with Crippen molar-refractivity contribution in [1.82, 2.24) is 14.8 Å². The van der Waals surface area contributed by atoms with E-state index in [0.29, 0.717) is 23.3 Å². The van der Waals surface area contributed by atoms with Crippen molar-refractivity contribution >= 4 is 46.4 Å². The summed E-state index contributed by atoms with van der Waals surface area (Å²) in [6.07, 6.45) is 2.35. The second kappa shape index (κ2) is 7.63. The SMILES string of the molecule is Cc1ccsc1C1C2=C(CCCC2=O)Nc2nc(SCc3ccccc3Cl)nn21. The number of nitrogens with one attached hydrogen (secondary N) is 1. The number of thiophene rings is 1. The van der Waals surface area contributed by atoms with Gasteiger partial charge in [-0.1, -0.05) is 41.6 Å². The van der Waals surface area contributed by atoms with E-state index in [9.17, 15) is 4.79 Å². The predicted molar refractivity (Wildman–Crippen MR) is 118 cm³/mol. The van der Waals surface area contributed by atoms with Crippen LogP contribution >= 0.6 is 34.7 Å². The monoisotopic (exact) mass is 442 g/mol. The summed E-state index contributed by atoms with van der Waals surface area (Å²) in [6, 6.07) is 9.71. The second-order valence-corrected chi connectivity index (χ2v) is 9.50. The number of nitrogens with zero attached hydrogens (tertiary/aromatic N) is 3. The van der Waals surface area contributed by atoms with E-state index < -0.39 is 0 Å². The van der Waals surface area contributed by atoms with Gasteiger partial charge in [0.1, 0.15) is 6.04 Å². The molecule has 5 nitrogen and oxygen atoms in total. The first-order valence-electron chi connectivity index (χ1n) is 9.52. The maximum absolute atomic E-state index is 12.8. The van der Waals surface area contributed by atoms with E-state index in [4.69, 9.17) is 21.7 Å². The molecule has 0 spiro atoms. The standard InChI is InChI=1S/C21H19ClN4OS2/c1-12-9-10-28-19(12)18-17-15(7-4-8-16(17)27)23-20-24-21(25-26(18)20)29-11-13-5-2-3-6-14(13)22/h2-3,5-6,9-10,18H,4,7-8,11H2,1H3,(H,23,24,25). The van der Waals surface area contributed by atoms with Crippen LogP contribution in [0.5, 0.6) is 0 Å². The number of hydrogen-bond acceptors (Lipinski definition) is 6. The van der Waals surface area contributed by atoms with Gasteiger partial charge in [0.2, 0.25) is 11.1 Å². The number of allylic oxidation sites excluding steroid dienone is 2. The van der Waals surface area contributed by atoms with Gasteiger partial charge in [-0.25, -0.2) is 4.68 Å². The number of rotatable bonds is 4. The number of hydrogen-bond donors (Lipinski definition) is 1. The summed E-state index contributed by atoms with van der Waals surface area (Å²) < 4.78 is 1.88. The lowest BCUT2D eigenvalue weighted by Gasteiger charge is -2.31. The van der Waals surface area contributed by atoms with Crippen molar-refractivity contribution in [1.29, 1.82) is 0 Å². The van der Waals surface area contributed by atoms with Crippen molar-refractivity contribution in [2.45, 2.75) is 43.1 Å². The van der Waals surface area contributed by atoms with E-state index in [2.05, 4.69) is 23.7 Å². The molecule has 1 aliphatic carbocycles. The van der Waals surface area contributed by atoms with E-state index in [-0.39, 0.29) is 11.8 Å². The number of carbonyl (C=O) groups excluding carboxylic acids is 1. The molecule has 2 aromatic heterocycles. The number of anilines is 1. The highest BCUT2D eigenvalue weighted by molar-refractivity contribution is 7.98. The van der Waals surface area contributed by atoms with Gasteiger partial charge in [0.15, 0.2) is 5.78 Å². The second-order valence-electron chi connectivity index (χ2n) is 7.21. The van der Waals surface area contributed by atoms with E-state index in [1.165, 1.54) is 5.56 Å². The minimum Gasteiger partial charge on any atom is -0.328 e. The van der Waals surface area contributed by atoms with Gasteiger partial charge in [-0.3, -0.25) is 4.79 Å². The molecule has 29 heavy (non-hydrogen) atoms. The Bertz CT molecular complexity index is 1130. The fourth-order valence-electron chi connectivity index (χ4n) is 3.86. The van der Waals surface area contributed by atoms with Crippen molar-refractivity contribution < 1.29 is 4.79 Å². The molecule has 0 bridgehead atoms. The molecule has 148 valence electrons. The van der Waals surface area contributed by atoms with Crippen LogP contribution < -0.4 is 5.32 Å². The lowest BCUT2D eigenvalue weighted by atomic mass is 9.87. The van der Waals surface area contributed by atoms with Crippen molar-refractivity contribution in [3.8, 4) is 0 Å². The highest BCUT2D eigenvalue weighted by Gasteiger charge is 2.38. The zero-order valence-electron chi connectivity index (χ0n) is 15.8. The molecule has 1 N–H and O–H groups in total. The molecule has 1 unspecified atom stereocenters. The van der Waals surface area contributed by atoms with Gasteiger partial charge in [0.05, 0.1) is 0 Å². The van der Waals surface area contributed by atoms with Crippen LogP contribution in [0.1, 0.15) is 41.3 Å². The van der Waals surface area contributed by atoms with Gasteiger partial charge >= 0.3 is 0 Å². The van der Waals surface area contributed by atoms with Crippen molar-refractivity contribution in [2.75, 3.05) is 5.32 Å². The van der Waals surface area contributed by atoms with Crippen LogP contribution in [0.25, 0.3) is 0 Å². The average molecular weight is 443 g/mol. The number of aromatic nitrogens is 3. The van der Waals surface area contributed by atoms with Gasteiger partial charge in [-0.15, -0.1) is 16.4 Å². The van der Waals surface area contributed by atoms with Gasteiger partial charge < -0.3 is 5.32 Å². The van der Waals surface area contributed by atoms with Crippen molar-refractivity contribution in [3.63, 3.8) is 0 Å². The summed E-state index contributed by atoms with van der Waals surface area (Å²) in [5.74, 6) is 1.61. The minimum atomic E-state index is -0.198. The van der Waals surface area contributed by atoms with Crippen LogP contribution in [-0.4, -0.2) is 20.5 Å². The molecule has 2 aliphatic rings. The third-order valence-corrected chi connectivity index (χ3v) is 7.64. The predicted octanol–water partition coefficient (Wildman–Crippen LogP) is 5.62. The van der Waals surface area contributed by atoms with Crippen molar-refractivity contribution in [2.24, 2.45) is 0 Å². The molecule has 0 saturated carbocycles. The molecule has 3 heterocycles.